The third-order valence-corrected chi connectivity index (χ3v) is 13.0. The van der Waals surface area contributed by atoms with Crippen molar-refractivity contribution in [2.45, 2.75) is 129 Å². The Balaban J connectivity index is 1.58. The number of hydrogen-bond acceptors (Lipinski definition) is 6. The number of amides is 5. The number of carbonyl (C=O) groups excluding carboxylic acids is 4. The minimum Gasteiger partial charge on any atom is -0.353 e. The van der Waals surface area contributed by atoms with E-state index < -0.39 is 39.6 Å². The van der Waals surface area contributed by atoms with Gasteiger partial charge >= 0.3 is 6.03 Å². The fourth-order valence-corrected chi connectivity index (χ4v) is 8.96. The van der Waals surface area contributed by atoms with Crippen LogP contribution in [0.2, 0.25) is 0 Å². The van der Waals surface area contributed by atoms with Gasteiger partial charge in [0.2, 0.25) is 27.7 Å². The second-order valence-electron chi connectivity index (χ2n) is 16.4. The third kappa shape index (κ3) is 9.77. The molecule has 3 saturated carbocycles. The SMILES string of the molecule is C=CCNC(=O)CC(CCC)NC(=O)[C@@H]1[C@H]2CCC3(CC3)[C@H]2CN1C(=O)[C@@H](NC(=O)N[C@H](CN(C)S(C)(=O)=O)C(C)(C)C)C1CCCCC1. The van der Waals surface area contributed by atoms with Crippen molar-refractivity contribution in [3.05, 3.63) is 12.7 Å². The lowest BCUT2D eigenvalue weighted by atomic mass is 9.83. The molecule has 278 valence electrons. The molecule has 12 nitrogen and oxygen atoms in total. The number of carbonyl (C=O) groups is 4. The molecule has 1 heterocycles. The van der Waals surface area contributed by atoms with Gasteiger partial charge in [0.25, 0.3) is 0 Å². The van der Waals surface area contributed by atoms with E-state index >= 15 is 0 Å². The van der Waals surface area contributed by atoms with Crippen LogP contribution in [0.3, 0.4) is 0 Å². The summed E-state index contributed by atoms with van der Waals surface area (Å²) in [5.74, 6) is -0.372. The molecule has 4 rings (SSSR count). The number of nitrogens with zero attached hydrogens (tertiary/aromatic N) is 2. The quantitative estimate of drug-likeness (QED) is 0.191. The van der Waals surface area contributed by atoms with Crippen molar-refractivity contribution in [1.29, 1.82) is 0 Å². The smallest absolute Gasteiger partial charge is 0.315 e. The van der Waals surface area contributed by atoms with Gasteiger partial charge in [0.05, 0.1) is 6.26 Å². The van der Waals surface area contributed by atoms with Gasteiger partial charge in [-0.1, -0.05) is 59.5 Å². The molecule has 0 aromatic carbocycles. The average Bonchev–Trinajstić information content (AvgIpc) is 3.60. The van der Waals surface area contributed by atoms with E-state index in [9.17, 15) is 27.6 Å². The number of fused-ring (bicyclic) bond motifs is 2. The van der Waals surface area contributed by atoms with E-state index in [2.05, 4.69) is 27.8 Å². The third-order valence-electron chi connectivity index (χ3n) is 11.7. The summed E-state index contributed by atoms with van der Waals surface area (Å²) in [5.41, 5.74) is -0.269. The zero-order valence-electron chi connectivity index (χ0n) is 30.7. The summed E-state index contributed by atoms with van der Waals surface area (Å²) in [6.45, 7) is 12.4. The predicted octanol–water partition coefficient (Wildman–Crippen LogP) is 3.54. The summed E-state index contributed by atoms with van der Waals surface area (Å²) in [4.78, 5) is 57.2. The number of sulfonamides is 1. The molecule has 4 aliphatic rings. The monoisotopic (exact) mass is 706 g/mol. The molecule has 49 heavy (non-hydrogen) atoms. The molecule has 0 bridgehead atoms. The van der Waals surface area contributed by atoms with Crippen LogP contribution in [-0.2, 0) is 24.4 Å². The molecule has 5 amide bonds. The Morgan fingerprint density at radius 3 is 2.27 bits per heavy atom. The van der Waals surface area contributed by atoms with Crippen molar-refractivity contribution in [3.63, 3.8) is 0 Å². The van der Waals surface area contributed by atoms with E-state index in [0.717, 1.165) is 70.5 Å². The Hall–Kier alpha value is -2.67. The van der Waals surface area contributed by atoms with Crippen molar-refractivity contribution < 1.29 is 27.6 Å². The van der Waals surface area contributed by atoms with Crippen LogP contribution in [0.1, 0.15) is 105 Å². The van der Waals surface area contributed by atoms with Gasteiger partial charge in [-0.05, 0) is 73.5 Å². The minimum atomic E-state index is -3.47. The largest absolute Gasteiger partial charge is 0.353 e. The summed E-state index contributed by atoms with van der Waals surface area (Å²) >= 11 is 0. The maximum Gasteiger partial charge on any atom is 0.315 e. The zero-order chi connectivity index (χ0) is 36.1. The minimum absolute atomic E-state index is 0.0425. The van der Waals surface area contributed by atoms with E-state index in [-0.39, 0.29) is 59.9 Å². The van der Waals surface area contributed by atoms with Crippen LogP contribution in [0.25, 0.3) is 0 Å². The van der Waals surface area contributed by atoms with Crippen molar-refractivity contribution in [2.24, 2.45) is 28.6 Å². The van der Waals surface area contributed by atoms with E-state index in [0.29, 0.717) is 19.5 Å². The molecule has 1 saturated heterocycles. The number of likely N-dealkylation sites (N-methyl/N-ethyl adjacent to an activating group) is 1. The highest BCUT2D eigenvalue weighted by Gasteiger charge is 2.64. The normalized spacial score (nSPS) is 25.3. The lowest BCUT2D eigenvalue weighted by molar-refractivity contribution is -0.142. The second kappa shape index (κ2) is 16.1. The molecule has 0 radical (unpaired) electrons. The second-order valence-corrected chi connectivity index (χ2v) is 18.4. The first kappa shape index (κ1) is 39.1. The average molecular weight is 707 g/mol. The van der Waals surface area contributed by atoms with Crippen LogP contribution in [0, 0.1) is 28.6 Å². The molecule has 13 heteroatoms. The van der Waals surface area contributed by atoms with Crippen LogP contribution in [-0.4, -0.2) is 98.5 Å². The molecular weight excluding hydrogens is 644 g/mol. The van der Waals surface area contributed by atoms with E-state index in [4.69, 9.17) is 0 Å². The number of hydrogen-bond donors (Lipinski definition) is 4. The highest BCUT2D eigenvalue weighted by molar-refractivity contribution is 7.88. The molecule has 1 aliphatic heterocycles. The van der Waals surface area contributed by atoms with Crippen LogP contribution in [0.4, 0.5) is 4.79 Å². The van der Waals surface area contributed by atoms with Gasteiger partial charge in [0.15, 0.2) is 0 Å². The Morgan fingerprint density at radius 2 is 1.69 bits per heavy atom. The van der Waals surface area contributed by atoms with E-state index in [1.807, 2.05) is 27.7 Å². The number of likely N-dealkylation sites (tertiary alicyclic amines) is 1. The molecule has 0 aromatic rings. The van der Waals surface area contributed by atoms with Crippen LogP contribution in [0.5, 0.6) is 0 Å². The van der Waals surface area contributed by atoms with E-state index in [1.165, 1.54) is 11.4 Å². The molecule has 4 N–H and O–H groups in total. The number of urea groups is 1. The number of rotatable bonds is 15. The number of nitrogens with one attached hydrogen (secondary N) is 4. The Labute approximate surface area is 294 Å². The molecule has 0 aromatic heterocycles. The standard InChI is InChI=1S/C36H62N6O6S/c1-8-13-25(21-29(43)37-20-9-2)38-32(44)31-26-16-17-36(18-19-36)27(26)22-42(31)33(45)30(24-14-11-10-12-15-24)40-34(46)39-28(35(3,4)5)23-41(6)49(7,47)48/h9,24-28,30-31H,2,8,10-23H2,1,3-7H3,(H,37,43)(H,38,44)(H2,39,40,46)/t25?,26-,27-,28+,30-,31-/m0/s1. The van der Waals surface area contributed by atoms with Gasteiger partial charge in [-0.25, -0.2) is 17.5 Å². The molecule has 4 fully saturated rings. The Bertz CT molecular complexity index is 1320. The summed E-state index contributed by atoms with van der Waals surface area (Å²) in [7, 11) is -1.98. The highest BCUT2D eigenvalue weighted by atomic mass is 32.2. The first-order valence-corrected chi connectivity index (χ1v) is 20.3. The van der Waals surface area contributed by atoms with Gasteiger partial charge in [-0.3, -0.25) is 14.4 Å². The molecule has 6 atom stereocenters. The first-order valence-electron chi connectivity index (χ1n) is 18.5. The van der Waals surface area contributed by atoms with Crippen molar-refractivity contribution >= 4 is 33.8 Å². The van der Waals surface area contributed by atoms with Crippen molar-refractivity contribution in [1.82, 2.24) is 30.5 Å². The predicted molar refractivity (Wildman–Crippen MR) is 191 cm³/mol. The van der Waals surface area contributed by atoms with Gasteiger partial charge in [-0.2, -0.15) is 0 Å². The highest BCUT2D eigenvalue weighted by Crippen LogP contribution is 2.66. The molecule has 1 unspecified atom stereocenters. The summed E-state index contributed by atoms with van der Waals surface area (Å²) in [6, 6.07) is -2.86. The molecule has 1 spiro atoms. The van der Waals surface area contributed by atoms with Crippen LogP contribution >= 0.6 is 0 Å². The topological polar surface area (TPSA) is 157 Å². The van der Waals surface area contributed by atoms with Crippen LogP contribution in [0.15, 0.2) is 12.7 Å². The van der Waals surface area contributed by atoms with Gasteiger partial charge in [0, 0.05) is 45.2 Å². The zero-order valence-corrected chi connectivity index (χ0v) is 31.5. The summed E-state index contributed by atoms with van der Waals surface area (Å²) in [5, 5.41) is 12.0. The molecule has 3 aliphatic carbocycles. The lowest BCUT2D eigenvalue weighted by Crippen LogP contribution is -2.61. The molecular formula is C36H62N6O6S. The fraction of sp³-hybridized carbons (Fsp3) is 0.833. The van der Waals surface area contributed by atoms with Gasteiger partial charge in [0.1, 0.15) is 12.1 Å². The Morgan fingerprint density at radius 1 is 1.02 bits per heavy atom. The lowest BCUT2D eigenvalue weighted by Gasteiger charge is -2.37. The maximum atomic E-state index is 14.8. The van der Waals surface area contributed by atoms with Crippen LogP contribution < -0.4 is 21.3 Å². The summed E-state index contributed by atoms with van der Waals surface area (Å²) in [6.07, 6.45) is 13.1. The fourth-order valence-electron chi connectivity index (χ4n) is 8.54. The van der Waals surface area contributed by atoms with Crippen molar-refractivity contribution in [2.75, 3.05) is 32.9 Å². The van der Waals surface area contributed by atoms with Gasteiger partial charge < -0.3 is 26.2 Å². The van der Waals surface area contributed by atoms with Crippen molar-refractivity contribution in [3.8, 4) is 0 Å². The summed E-state index contributed by atoms with van der Waals surface area (Å²) < 4.78 is 25.6. The van der Waals surface area contributed by atoms with Gasteiger partial charge in [-0.15, -0.1) is 6.58 Å². The van der Waals surface area contributed by atoms with E-state index in [1.54, 1.807) is 11.0 Å². The maximum absolute atomic E-state index is 14.8. The Kier molecular flexibility index (Phi) is 12.9. The first-order chi connectivity index (χ1) is 23.0.